The number of thiocarbonyl (C=S) groups is 1. The summed E-state index contributed by atoms with van der Waals surface area (Å²) < 4.78 is 1.20. The molecule has 2 atom stereocenters. The molecule has 30 heavy (non-hydrogen) atoms. The maximum Gasteiger partial charge on any atom is 0.221 e. The van der Waals surface area contributed by atoms with E-state index in [1.807, 2.05) is 48.7 Å². The van der Waals surface area contributed by atoms with E-state index in [-0.39, 0.29) is 18.0 Å². The fraction of sp³-hybridized carbons (Fsp3) is 0.227. The van der Waals surface area contributed by atoms with Gasteiger partial charge in [0.15, 0.2) is 5.11 Å². The van der Waals surface area contributed by atoms with Gasteiger partial charge in [-0.15, -0.1) is 0 Å². The van der Waals surface area contributed by atoms with Gasteiger partial charge in [-0.05, 0) is 85.1 Å². The molecule has 1 fully saturated rings. The third kappa shape index (κ3) is 3.81. The van der Waals surface area contributed by atoms with Gasteiger partial charge in [-0.2, -0.15) is 0 Å². The first-order chi connectivity index (χ1) is 14.4. The summed E-state index contributed by atoms with van der Waals surface area (Å²) in [5, 5.41) is 6.95. The van der Waals surface area contributed by atoms with E-state index in [2.05, 4.69) is 61.9 Å². The number of nitrogens with zero attached hydrogens (tertiary/aromatic N) is 2. The fourth-order valence-electron chi connectivity index (χ4n) is 3.96. The van der Waals surface area contributed by atoms with Gasteiger partial charge in [0.05, 0.1) is 17.8 Å². The molecule has 0 spiro atoms. The van der Waals surface area contributed by atoms with Crippen LogP contribution in [0.15, 0.2) is 48.7 Å². The van der Waals surface area contributed by atoms with Crippen molar-refractivity contribution in [1.29, 1.82) is 0 Å². The van der Waals surface area contributed by atoms with E-state index >= 15 is 0 Å². The summed E-state index contributed by atoms with van der Waals surface area (Å²) in [5.41, 5.74) is 6.12. The molecule has 4 rings (SSSR count). The summed E-state index contributed by atoms with van der Waals surface area (Å²) in [6, 6.07) is 13.5. The van der Waals surface area contributed by atoms with E-state index in [9.17, 15) is 4.79 Å². The zero-order valence-corrected chi connectivity index (χ0v) is 19.8. The largest absolute Gasteiger partial charge is 0.362 e. The van der Waals surface area contributed by atoms with Crippen molar-refractivity contribution in [3.63, 3.8) is 0 Å². The molecule has 3 aromatic rings. The van der Waals surface area contributed by atoms with Crippen LogP contribution in [0.4, 0.5) is 11.4 Å². The van der Waals surface area contributed by atoms with Crippen molar-refractivity contribution >= 4 is 57.2 Å². The predicted octanol–water partition coefficient (Wildman–Crippen LogP) is 4.77. The average molecular weight is 531 g/mol. The SMILES string of the molecule is CC(=O)Nc1ccc(N2C(=S)NC(c3ccccn3)C2c2c(C)[nH]c(C)c2I)cc1. The highest BCUT2D eigenvalue weighted by Gasteiger charge is 2.42. The lowest BCUT2D eigenvalue weighted by molar-refractivity contribution is -0.114. The number of aromatic nitrogens is 2. The third-order valence-corrected chi connectivity index (χ3v) is 6.91. The average Bonchev–Trinajstić information content (AvgIpc) is 3.18. The highest BCUT2D eigenvalue weighted by atomic mass is 127. The molecule has 0 radical (unpaired) electrons. The number of pyridine rings is 1. The van der Waals surface area contributed by atoms with E-state index in [0.717, 1.165) is 28.5 Å². The van der Waals surface area contributed by atoms with Crippen LogP contribution in [0.25, 0.3) is 0 Å². The lowest BCUT2D eigenvalue weighted by Gasteiger charge is -2.28. The summed E-state index contributed by atoms with van der Waals surface area (Å²) in [7, 11) is 0. The number of nitrogens with one attached hydrogen (secondary N) is 3. The number of carbonyl (C=O) groups excluding carboxylic acids is 1. The molecule has 1 saturated heterocycles. The molecule has 0 aliphatic carbocycles. The van der Waals surface area contributed by atoms with Crippen LogP contribution in [-0.4, -0.2) is 21.0 Å². The van der Waals surface area contributed by atoms with Crippen LogP contribution in [0.3, 0.4) is 0 Å². The number of hydrogen-bond acceptors (Lipinski definition) is 3. The van der Waals surface area contributed by atoms with Crippen molar-refractivity contribution in [2.45, 2.75) is 32.9 Å². The summed E-state index contributed by atoms with van der Waals surface area (Å²) >= 11 is 8.18. The molecule has 0 bridgehead atoms. The minimum absolute atomic E-state index is 0.0594. The van der Waals surface area contributed by atoms with Gasteiger partial charge in [-0.25, -0.2) is 0 Å². The van der Waals surface area contributed by atoms with E-state index in [1.54, 1.807) is 0 Å². The van der Waals surface area contributed by atoms with Crippen LogP contribution in [0.5, 0.6) is 0 Å². The lowest BCUT2D eigenvalue weighted by Crippen LogP contribution is -2.29. The van der Waals surface area contributed by atoms with Gasteiger partial charge >= 0.3 is 0 Å². The van der Waals surface area contributed by atoms with Gasteiger partial charge in [-0.3, -0.25) is 9.78 Å². The van der Waals surface area contributed by atoms with Crippen molar-refractivity contribution < 1.29 is 4.79 Å². The number of aromatic amines is 1. The molecule has 3 N–H and O–H groups in total. The molecule has 2 aromatic heterocycles. The Labute approximate surface area is 194 Å². The van der Waals surface area contributed by atoms with Gasteiger partial charge in [0.2, 0.25) is 5.91 Å². The number of halogens is 1. The van der Waals surface area contributed by atoms with Crippen molar-refractivity contribution in [2.24, 2.45) is 0 Å². The van der Waals surface area contributed by atoms with E-state index in [1.165, 1.54) is 16.1 Å². The minimum Gasteiger partial charge on any atom is -0.362 e. The molecule has 1 aliphatic rings. The number of benzene rings is 1. The van der Waals surface area contributed by atoms with Crippen LogP contribution >= 0.6 is 34.8 Å². The Hall–Kier alpha value is -2.46. The minimum atomic E-state index is -0.0952. The first kappa shape index (κ1) is 20.8. The number of aryl methyl sites for hydroxylation is 2. The number of amides is 1. The number of hydrogen-bond donors (Lipinski definition) is 3. The van der Waals surface area contributed by atoms with E-state index in [0.29, 0.717) is 5.11 Å². The van der Waals surface area contributed by atoms with Crippen molar-refractivity contribution in [3.05, 3.63) is 74.9 Å². The van der Waals surface area contributed by atoms with Crippen molar-refractivity contribution in [2.75, 3.05) is 10.2 Å². The number of carbonyl (C=O) groups is 1. The summed E-state index contributed by atoms with van der Waals surface area (Å²) in [6.07, 6.45) is 1.81. The molecule has 6 nitrogen and oxygen atoms in total. The zero-order chi connectivity index (χ0) is 21.4. The maximum absolute atomic E-state index is 11.4. The van der Waals surface area contributed by atoms with Crippen LogP contribution < -0.4 is 15.5 Å². The zero-order valence-electron chi connectivity index (χ0n) is 16.9. The topological polar surface area (TPSA) is 73.1 Å². The molecule has 1 aliphatic heterocycles. The Morgan fingerprint density at radius 3 is 2.47 bits per heavy atom. The molecule has 1 aromatic carbocycles. The van der Waals surface area contributed by atoms with Gasteiger partial charge in [0.25, 0.3) is 0 Å². The maximum atomic E-state index is 11.4. The van der Waals surface area contributed by atoms with Crippen LogP contribution in [0, 0.1) is 17.4 Å². The molecule has 2 unspecified atom stereocenters. The van der Waals surface area contributed by atoms with Crippen LogP contribution in [-0.2, 0) is 4.79 Å². The smallest absolute Gasteiger partial charge is 0.221 e. The molecule has 1 amide bonds. The summed E-state index contributed by atoms with van der Waals surface area (Å²) in [6.45, 7) is 5.68. The Bertz CT molecular complexity index is 1100. The lowest BCUT2D eigenvalue weighted by atomic mass is 9.96. The first-order valence-electron chi connectivity index (χ1n) is 9.59. The fourth-order valence-corrected chi connectivity index (χ4v) is 5.16. The number of H-pyrrole nitrogens is 1. The third-order valence-electron chi connectivity index (χ3n) is 5.20. The van der Waals surface area contributed by atoms with Gasteiger partial charge in [-0.1, -0.05) is 6.07 Å². The Morgan fingerprint density at radius 1 is 1.17 bits per heavy atom. The Kier molecular flexibility index (Phi) is 5.79. The number of rotatable bonds is 4. The van der Waals surface area contributed by atoms with E-state index < -0.39 is 0 Å². The van der Waals surface area contributed by atoms with Crippen LogP contribution in [0.2, 0.25) is 0 Å². The molecule has 0 saturated carbocycles. The van der Waals surface area contributed by atoms with Crippen LogP contribution in [0.1, 0.15) is 41.7 Å². The highest BCUT2D eigenvalue weighted by molar-refractivity contribution is 14.1. The normalized spacial score (nSPS) is 18.4. The Morgan fingerprint density at radius 2 is 1.90 bits per heavy atom. The second kappa shape index (κ2) is 8.35. The van der Waals surface area contributed by atoms with Crippen molar-refractivity contribution in [3.8, 4) is 0 Å². The molecular weight excluding hydrogens is 509 g/mol. The quantitative estimate of drug-likeness (QED) is 0.335. The van der Waals surface area contributed by atoms with Gasteiger partial charge in [0.1, 0.15) is 0 Å². The molecule has 154 valence electrons. The summed E-state index contributed by atoms with van der Waals surface area (Å²) in [5.74, 6) is -0.0952. The predicted molar refractivity (Wildman–Crippen MR) is 132 cm³/mol. The first-order valence-corrected chi connectivity index (χ1v) is 11.1. The van der Waals surface area contributed by atoms with Crippen molar-refractivity contribution in [1.82, 2.24) is 15.3 Å². The Balaban J connectivity index is 1.81. The molecule has 3 heterocycles. The second-order valence-electron chi connectivity index (χ2n) is 7.33. The summed E-state index contributed by atoms with van der Waals surface area (Å²) in [4.78, 5) is 21.6. The highest BCUT2D eigenvalue weighted by Crippen LogP contribution is 2.44. The number of anilines is 2. The second-order valence-corrected chi connectivity index (χ2v) is 8.79. The van der Waals surface area contributed by atoms with E-state index in [4.69, 9.17) is 12.2 Å². The standard InChI is InChI=1S/C22H22IN5OS/c1-12-18(19(23)13(2)25-12)21-20(17-6-4-5-11-24-17)27-22(30)28(21)16-9-7-15(8-10-16)26-14(3)29/h4-11,20-21,25H,1-3H3,(H,26,29)(H,27,30). The monoisotopic (exact) mass is 531 g/mol. The van der Waals surface area contributed by atoms with Gasteiger partial charge < -0.3 is 20.5 Å². The van der Waals surface area contributed by atoms with Gasteiger partial charge in [0, 0.05) is 45.0 Å². The molecular formula is C22H22IN5OS. The molecule has 8 heteroatoms.